The smallest absolute Gasteiger partial charge is 0.0446 e. The number of rotatable bonds is 3. The van der Waals surface area contributed by atoms with E-state index in [0.717, 1.165) is 32.7 Å². The fraction of sp³-hybridized carbons (Fsp3) is 0.520. The average molecular weight is 391 g/mol. The fourth-order valence-electron chi connectivity index (χ4n) is 5.26. The van der Waals surface area contributed by atoms with E-state index in [-0.39, 0.29) is 5.41 Å². The molecule has 4 heteroatoms. The van der Waals surface area contributed by atoms with Crippen LogP contribution in [-0.2, 0) is 12.0 Å². The average Bonchev–Trinajstić information content (AvgIpc) is 2.75. The van der Waals surface area contributed by atoms with Crippen LogP contribution in [0.15, 0.2) is 36.4 Å². The van der Waals surface area contributed by atoms with E-state index < -0.39 is 0 Å². The maximum atomic E-state index is 3.76. The number of piperidine rings is 1. The highest BCUT2D eigenvalue weighted by Gasteiger charge is 2.33. The predicted molar refractivity (Wildman–Crippen MR) is 123 cm³/mol. The quantitative estimate of drug-likeness (QED) is 0.810. The van der Waals surface area contributed by atoms with E-state index in [1.54, 1.807) is 0 Å². The van der Waals surface area contributed by atoms with Gasteiger partial charge in [0.25, 0.3) is 0 Å². The molecule has 3 aliphatic heterocycles. The van der Waals surface area contributed by atoms with Crippen molar-refractivity contribution < 1.29 is 0 Å². The van der Waals surface area contributed by atoms with Crippen LogP contribution in [0.3, 0.4) is 0 Å². The molecule has 5 rings (SSSR count). The van der Waals surface area contributed by atoms with Crippen molar-refractivity contribution in [3.8, 4) is 0 Å². The number of hydrogen-bond acceptors (Lipinski definition) is 4. The van der Waals surface area contributed by atoms with Gasteiger partial charge in [-0.1, -0.05) is 32.0 Å². The lowest BCUT2D eigenvalue weighted by Crippen LogP contribution is -2.42. The molecule has 0 amide bonds. The summed E-state index contributed by atoms with van der Waals surface area (Å²) in [6.45, 7) is 12.7. The number of nitrogens with zero attached hydrogens (tertiary/aromatic N) is 2. The van der Waals surface area contributed by atoms with E-state index in [2.05, 4.69) is 70.7 Å². The van der Waals surface area contributed by atoms with Crippen LogP contribution in [0.2, 0.25) is 0 Å². The van der Waals surface area contributed by atoms with Gasteiger partial charge >= 0.3 is 0 Å². The summed E-state index contributed by atoms with van der Waals surface area (Å²) in [6.07, 6.45) is 4.00. The van der Waals surface area contributed by atoms with E-state index in [0.29, 0.717) is 0 Å². The molecule has 0 radical (unpaired) electrons. The number of nitrogens with one attached hydrogen (secondary N) is 2. The highest BCUT2D eigenvalue weighted by molar-refractivity contribution is 5.78. The minimum atomic E-state index is 0.00973. The normalized spacial score (nSPS) is 21.2. The molecular weight excluding hydrogens is 356 g/mol. The summed E-state index contributed by atoms with van der Waals surface area (Å²) in [6, 6.07) is 14.1. The number of benzene rings is 2. The van der Waals surface area contributed by atoms with Crippen LogP contribution < -0.4 is 15.5 Å². The molecule has 154 valence electrons. The molecule has 2 fully saturated rings. The number of hydrogen-bond donors (Lipinski definition) is 2. The molecule has 3 heterocycles. The molecule has 2 saturated heterocycles. The molecule has 0 unspecified atom stereocenters. The second kappa shape index (κ2) is 7.66. The Balaban J connectivity index is 1.43. The minimum Gasteiger partial charge on any atom is -0.371 e. The Morgan fingerprint density at radius 2 is 1.62 bits per heavy atom. The number of anilines is 3. The van der Waals surface area contributed by atoms with Gasteiger partial charge in [0, 0.05) is 68.3 Å². The minimum absolute atomic E-state index is 0.00973. The van der Waals surface area contributed by atoms with E-state index in [1.807, 2.05) is 0 Å². The van der Waals surface area contributed by atoms with Crippen LogP contribution in [0, 0.1) is 0 Å². The van der Waals surface area contributed by atoms with E-state index in [9.17, 15) is 0 Å². The lowest BCUT2D eigenvalue weighted by atomic mass is 9.73. The van der Waals surface area contributed by atoms with Gasteiger partial charge in [-0.2, -0.15) is 0 Å². The molecule has 0 aromatic heterocycles. The van der Waals surface area contributed by atoms with Crippen LogP contribution in [0.5, 0.6) is 0 Å². The van der Waals surface area contributed by atoms with Crippen molar-refractivity contribution in [1.82, 2.24) is 10.2 Å². The van der Waals surface area contributed by atoms with Crippen molar-refractivity contribution in [2.45, 2.75) is 45.1 Å². The van der Waals surface area contributed by atoms with Gasteiger partial charge in [0.1, 0.15) is 0 Å². The zero-order valence-electron chi connectivity index (χ0n) is 17.9. The Kier molecular flexibility index (Phi) is 5.00. The largest absolute Gasteiger partial charge is 0.371 e. The van der Waals surface area contributed by atoms with Crippen LogP contribution in [0.1, 0.15) is 49.8 Å². The molecule has 2 N–H and O–H groups in total. The van der Waals surface area contributed by atoms with Gasteiger partial charge in [-0.25, -0.2) is 0 Å². The Bertz CT molecular complexity index is 876. The summed E-state index contributed by atoms with van der Waals surface area (Å²) >= 11 is 0. The number of fused-ring (bicyclic) bond motifs is 2. The Morgan fingerprint density at radius 1 is 0.828 bits per heavy atom. The first-order chi connectivity index (χ1) is 14.1. The summed E-state index contributed by atoms with van der Waals surface area (Å²) in [4.78, 5) is 5.10. The summed E-state index contributed by atoms with van der Waals surface area (Å²) < 4.78 is 0. The molecule has 0 atom stereocenters. The van der Waals surface area contributed by atoms with Crippen molar-refractivity contribution in [3.05, 3.63) is 53.1 Å². The molecule has 3 aliphatic rings. The first-order valence-electron chi connectivity index (χ1n) is 11.3. The fourth-order valence-corrected chi connectivity index (χ4v) is 5.26. The molecule has 29 heavy (non-hydrogen) atoms. The third-order valence-electron chi connectivity index (χ3n) is 7.04. The van der Waals surface area contributed by atoms with Gasteiger partial charge in [0.2, 0.25) is 0 Å². The Hall–Kier alpha value is -2.04. The van der Waals surface area contributed by atoms with E-state index in [1.165, 1.54) is 66.1 Å². The molecule has 4 nitrogen and oxygen atoms in total. The topological polar surface area (TPSA) is 30.5 Å². The zero-order chi connectivity index (χ0) is 19.8. The van der Waals surface area contributed by atoms with Gasteiger partial charge < -0.3 is 15.5 Å². The highest BCUT2D eigenvalue weighted by Crippen LogP contribution is 2.46. The predicted octanol–water partition coefficient (Wildman–Crippen LogP) is 4.47. The first kappa shape index (κ1) is 19.0. The summed E-state index contributed by atoms with van der Waals surface area (Å²) in [5, 5.41) is 7.20. The van der Waals surface area contributed by atoms with Crippen LogP contribution in [-0.4, -0.2) is 44.2 Å². The van der Waals surface area contributed by atoms with Crippen molar-refractivity contribution in [2.75, 3.05) is 49.5 Å². The third-order valence-corrected chi connectivity index (χ3v) is 7.04. The first-order valence-corrected chi connectivity index (χ1v) is 11.3. The molecule has 2 aromatic carbocycles. The summed E-state index contributed by atoms with van der Waals surface area (Å²) in [7, 11) is 0. The number of piperazine rings is 1. The van der Waals surface area contributed by atoms with Gasteiger partial charge in [-0.05, 0) is 54.2 Å². The Morgan fingerprint density at radius 3 is 2.41 bits per heavy atom. The van der Waals surface area contributed by atoms with Crippen LogP contribution in [0.4, 0.5) is 17.1 Å². The molecule has 0 spiro atoms. The zero-order valence-corrected chi connectivity index (χ0v) is 17.9. The van der Waals surface area contributed by atoms with Crippen molar-refractivity contribution >= 4 is 17.1 Å². The molecular formula is C25H34N4. The lowest BCUT2D eigenvalue weighted by Gasteiger charge is -2.38. The molecule has 2 aromatic rings. The van der Waals surface area contributed by atoms with Crippen LogP contribution >= 0.6 is 0 Å². The van der Waals surface area contributed by atoms with E-state index in [4.69, 9.17) is 0 Å². The highest BCUT2D eigenvalue weighted by atomic mass is 15.2. The maximum absolute atomic E-state index is 3.76. The second-order valence-electron chi connectivity index (χ2n) is 9.43. The molecule has 0 aliphatic carbocycles. The van der Waals surface area contributed by atoms with Crippen molar-refractivity contribution in [2.24, 2.45) is 0 Å². The molecule has 0 saturated carbocycles. The van der Waals surface area contributed by atoms with E-state index >= 15 is 0 Å². The van der Waals surface area contributed by atoms with Gasteiger partial charge in [-0.3, -0.25) is 4.90 Å². The van der Waals surface area contributed by atoms with Crippen molar-refractivity contribution in [1.29, 1.82) is 0 Å². The molecule has 0 bridgehead atoms. The van der Waals surface area contributed by atoms with Gasteiger partial charge in [-0.15, -0.1) is 0 Å². The van der Waals surface area contributed by atoms with Gasteiger partial charge in [0.05, 0.1) is 0 Å². The van der Waals surface area contributed by atoms with Crippen LogP contribution in [0.25, 0.3) is 0 Å². The van der Waals surface area contributed by atoms with Gasteiger partial charge in [0.15, 0.2) is 0 Å². The monoisotopic (exact) mass is 390 g/mol. The maximum Gasteiger partial charge on any atom is 0.0446 e. The summed E-state index contributed by atoms with van der Waals surface area (Å²) in [5.41, 5.74) is 8.17. The second-order valence-corrected chi connectivity index (χ2v) is 9.43. The standard InChI is InChI=1S/C25H34N4/c1-25(2)21-8-7-20(29-12-4-3-5-13-29)17-24(21)27-23-9-6-19(16-22(23)25)18-28-14-10-26-11-15-28/h6-9,16-17,26-27H,3-5,10-15,18H2,1-2H3. The van der Waals surface area contributed by atoms with Crippen molar-refractivity contribution in [3.63, 3.8) is 0 Å². The third kappa shape index (κ3) is 3.64. The summed E-state index contributed by atoms with van der Waals surface area (Å²) in [5.74, 6) is 0. The SMILES string of the molecule is CC1(C)c2ccc(N3CCCCC3)cc2Nc2ccc(CN3CCNCC3)cc21. The lowest BCUT2D eigenvalue weighted by molar-refractivity contribution is 0.233. The Labute approximate surface area is 175 Å².